The molecule has 1 saturated heterocycles. The first kappa shape index (κ1) is 14.7. The first-order chi connectivity index (χ1) is 8.59. The molecule has 3 N–H and O–H groups in total. The van der Waals surface area contributed by atoms with Gasteiger partial charge >= 0.3 is 12.0 Å². The van der Waals surface area contributed by atoms with Crippen LogP contribution in [0.25, 0.3) is 0 Å². The van der Waals surface area contributed by atoms with E-state index in [4.69, 9.17) is 14.6 Å². The zero-order valence-electron chi connectivity index (χ0n) is 10.5. The van der Waals surface area contributed by atoms with Crippen molar-refractivity contribution in [1.82, 2.24) is 10.6 Å². The third-order valence-corrected chi connectivity index (χ3v) is 2.68. The maximum Gasteiger partial charge on any atom is 0.315 e. The normalized spacial score (nSPS) is 22.7. The summed E-state index contributed by atoms with van der Waals surface area (Å²) in [6.07, 6.45) is 0.842. The zero-order chi connectivity index (χ0) is 13.4. The van der Waals surface area contributed by atoms with E-state index in [0.717, 1.165) is 6.42 Å². The van der Waals surface area contributed by atoms with Gasteiger partial charge in [-0.15, -0.1) is 0 Å². The summed E-state index contributed by atoms with van der Waals surface area (Å²) in [5, 5.41) is 13.8. The molecule has 2 amide bonds. The molecule has 1 heterocycles. The van der Waals surface area contributed by atoms with Crippen molar-refractivity contribution in [3.63, 3.8) is 0 Å². The van der Waals surface area contributed by atoms with Crippen LogP contribution in [0.1, 0.15) is 19.8 Å². The van der Waals surface area contributed by atoms with Crippen LogP contribution in [0.2, 0.25) is 0 Å². The van der Waals surface area contributed by atoms with Gasteiger partial charge in [0, 0.05) is 13.2 Å². The number of hydrogen-bond donors (Lipinski definition) is 3. The number of hydrogen-bond acceptors (Lipinski definition) is 4. The van der Waals surface area contributed by atoms with Gasteiger partial charge in [0.05, 0.1) is 31.8 Å². The Balaban J connectivity index is 1.98. The summed E-state index contributed by atoms with van der Waals surface area (Å²) in [4.78, 5) is 21.7. The fourth-order valence-electron chi connectivity index (χ4n) is 1.64. The van der Waals surface area contributed by atoms with Crippen LogP contribution in [0.4, 0.5) is 4.79 Å². The summed E-state index contributed by atoms with van der Waals surface area (Å²) < 4.78 is 10.4. The molecule has 1 rings (SSSR count). The minimum Gasteiger partial charge on any atom is -0.481 e. The highest BCUT2D eigenvalue weighted by atomic mass is 16.5. The van der Waals surface area contributed by atoms with Gasteiger partial charge in [0.15, 0.2) is 0 Å². The monoisotopic (exact) mass is 260 g/mol. The van der Waals surface area contributed by atoms with E-state index >= 15 is 0 Å². The fraction of sp³-hybridized carbons (Fsp3) is 0.818. The quantitative estimate of drug-likeness (QED) is 0.558. The first-order valence-electron chi connectivity index (χ1n) is 6.05. The molecule has 7 nitrogen and oxygen atoms in total. The number of rotatable bonds is 7. The largest absolute Gasteiger partial charge is 0.481 e. The maximum atomic E-state index is 11.5. The van der Waals surface area contributed by atoms with Crippen molar-refractivity contribution in [2.45, 2.75) is 31.9 Å². The summed E-state index contributed by atoms with van der Waals surface area (Å²) in [6.45, 7) is 3.41. The predicted octanol–water partition coefficient (Wildman–Crippen LogP) is -0.0457. The number of aliphatic carboxylic acids is 1. The van der Waals surface area contributed by atoms with Crippen LogP contribution >= 0.6 is 0 Å². The Morgan fingerprint density at radius 1 is 1.44 bits per heavy atom. The zero-order valence-corrected chi connectivity index (χ0v) is 10.5. The molecular formula is C11H20N2O5. The standard InChI is InChI=1S/C11H20N2O5/c1-8-9(2-6-18-8)13-11(16)12-4-7-17-5-3-10(14)15/h8-9H,2-7H2,1H3,(H,14,15)(H2,12,13,16). The summed E-state index contributed by atoms with van der Waals surface area (Å²) in [7, 11) is 0. The lowest BCUT2D eigenvalue weighted by Crippen LogP contribution is -2.45. The second-order valence-corrected chi connectivity index (χ2v) is 4.13. The highest BCUT2D eigenvalue weighted by Gasteiger charge is 2.25. The molecule has 0 aromatic rings. The molecule has 104 valence electrons. The van der Waals surface area contributed by atoms with E-state index in [0.29, 0.717) is 19.8 Å². The molecule has 0 radical (unpaired) electrons. The van der Waals surface area contributed by atoms with Crippen molar-refractivity contribution in [3.8, 4) is 0 Å². The topological polar surface area (TPSA) is 96.9 Å². The van der Waals surface area contributed by atoms with Crippen molar-refractivity contribution in [1.29, 1.82) is 0 Å². The van der Waals surface area contributed by atoms with Gasteiger partial charge in [-0.2, -0.15) is 0 Å². The van der Waals surface area contributed by atoms with Gasteiger partial charge in [-0.25, -0.2) is 4.79 Å². The molecule has 0 saturated carbocycles. The lowest BCUT2D eigenvalue weighted by atomic mass is 10.2. The summed E-state index contributed by atoms with van der Waals surface area (Å²) in [5.41, 5.74) is 0. The van der Waals surface area contributed by atoms with E-state index in [1.165, 1.54) is 0 Å². The van der Waals surface area contributed by atoms with Crippen LogP contribution < -0.4 is 10.6 Å². The third-order valence-electron chi connectivity index (χ3n) is 2.68. The van der Waals surface area contributed by atoms with Crippen LogP contribution in [0, 0.1) is 0 Å². The summed E-state index contributed by atoms with van der Waals surface area (Å²) in [6, 6.07) is -0.197. The van der Waals surface area contributed by atoms with Crippen LogP contribution in [-0.2, 0) is 14.3 Å². The van der Waals surface area contributed by atoms with E-state index < -0.39 is 5.97 Å². The van der Waals surface area contributed by atoms with Crippen LogP contribution in [0.3, 0.4) is 0 Å². The molecule has 0 aliphatic carbocycles. The molecule has 1 aliphatic rings. The molecule has 2 atom stereocenters. The lowest BCUT2D eigenvalue weighted by Gasteiger charge is -2.16. The Kier molecular flexibility index (Phi) is 6.45. The average Bonchev–Trinajstić information content (AvgIpc) is 2.69. The lowest BCUT2D eigenvalue weighted by molar-refractivity contribution is -0.138. The van der Waals surface area contributed by atoms with Gasteiger partial charge in [0.1, 0.15) is 0 Å². The Bertz CT molecular complexity index is 285. The van der Waals surface area contributed by atoms with Gasteiger partial charge in [0.25, 0.3) is 0 Å². The Hall–Kier alpha value is -1.34. The van der Waals surface area contributed by atoms with Crippen LogP contribution in [0.5, 0.6) is 0 Å². The number of carbonyl (C=O) groups excluding carboxylic acids is 1. The average molecular weight is 260 g/mol. The van der Waals surface area contributed by atoms with Crippen molar-refractivity contribution in [2.24, 2.45) is 0 Å². The second kappa shape index (κ2) is 7.88. The van der Waals surface area contributed by atoms with E-state index in [1.54, 1.807) is 0 Å². The van der Waals surface area contributed by atoms with Crippen molar-refractivity contribution in [3.05, 3.63) is 0 Å². The Morgan fingerprint density at radius 3 is 2.83 bits per heavy atom. The minimum atomic E-state index is -0.893. The number of carboxylic acids is 1. The molecule has 0 aromatic heterocycles. The Morgan fingerprint density at radius 2 is 2.22 bits per heavy atom. The molecule has 0 spiro atoms. The van der Waals surface area contributed by atoms with Crippen molar-refractivity contribution >= 4 is 12.0 Å². The number of carbonyl (C=O) groups is 2. The van der Waals surface area contributed by atoms with Gasteiger partial charge in [-0.1, -0.05) is 0 Å². The number of nitrogens with one attached hydrogen (secondary N) is 2. The van der Waals surface area contributed by atoms with Gasteiger partial charge < -0.3 is 25.2 Å². The minimum absolute atomic E-state index is 0.0247. The number of urea groups is 1. The maximum absolute atomic E-state index is 11.5. The summed E-state index contributed by atoms with van der Waals surface area (Å²) in [5.74, 6) is -0.893. The molecule has 2 unspecified atom stereocenters. The second-order valence-electron chi connectivity index (χ2n) is 4.13. The smallest absolute Gasteiger partial charge is 0.315 e. The highest BCUT2D eigenvalue weighted by Crippen LogP contribution is 2.11. The van der Waals surface area contributed by atoms with Crippen molar-refractivity contribution in [2.75, 3.05) is 26.4 Å². The van der Waals surface area contributed by atoms with E-state index in [9.17, 15) is 9.59 Å². The molecule has 0 bridgehead atoms. The molecule has 1 aliphatic heterocycles. The van der Waals surface area contributed by atoms with Crippen LogP contribution in [0.15, 0.2) is 0 Å². The number of amides is 2. The van der Waals surface area contributed by atoms with E-state index in [-0.39, 0.29) is 31.2 Å². The molecule has 0 aromatic carbocycles. The first-order valence-corrected chi connectivity index (χ1v) is 6.05. The predicted molar refractivity (Wildman–Crippen MR) is 63.4 cm³/mol. The van der Waals surface area contributed by atoms with Gasteiger partial charge in [-0.05, 0) is 13.3 Å². The SMILES string of the molecule is CC1OCCC1NC(=O)NCCOCCC(=O)O. The summed E-state index contributed by atoms with van der Waals surface area (Å²) >= 11 is 0. The molecular weight excluding hydrogens is 240 g/mol. The van der Waals surface area contributed by atoms with Crippen molar-refractivity contribution < 1.29 is 24.2 Å². The van der Waals surface area contributed by atoms with E-state index in [2.05, 4.69) is 10.6 Å². The number of carboxylic acid groups (broad SMARTS) is 1. The van der Waals surface area contributed by atoms with Gasteiger partial charge in [-0.3, -0.25) is 4.79 Å². The van der Waals surface area contributed by atoms with Gasteiger partial charge in [0.2, 0.25) is 0 Å². The highest BCUT2D eigenvalue weighted by molar-refractivity contribution is 5.74. The fourth-order valence-corrected chi connectivity index (χ4v) is 1.64. The molecule has 18 heavy (non-hydrogen) atoms. The number of ether oxygens (including phenoxy) is 2. The molecule has 1 fully saturated rings. The molecule has 7 heteroatoms. The van der Waals surface area contributed by atoms with Crippen LogP contribution in [-0.4, -0.2) is 55.6 Å². The third kappa shape index (κ3) is 5.83. The Labute approximate surface area is 106 Å². The van der Waals surface area contributed by atoms with E-state index in [1.807, 2.05) is 6.92 Å².